The summed E-state index contributed by atoms with van der Waals surface area (Å²) in [5.74, 6) is 0.650. The summed E-state index contributed by atoms with van der Waals surface area (Å²) >= 11 is 0. The van der Waals surface area contributed by atoms with Gasteiger partial charge in [-0.1, -0.05) is 42.5 Å². The average Bonchev–Trinajstić information content (AvgIpc) is 2.74. The molecule has 0 saturated carbocycles. The summed E-state index contributed by atoms with van der Waals surface area (Å²) < 4.78 is 10.9. The minimum Gasteiger partial charge on any atom is -0.462 e. The lowest BCUT2D eigenvalue weighted by atomic mass is 10.1. The number of rotatable bonds is 9. The van der Waals surface area contributed by atoms with Crippen molar-refractivity contribution in [3.63, 3.8) is 0 Å². The fourth-order valence-corrected chi connectivity index (χ4v) is 2.75. The molecule has 3 rings (SSSR count). The summed E-state index contributed by atoms with van der Waals surface area (Å²) in [5, 5.41) is 3.45. The van der Waals surface area contributed by atoms with Gasteiger partial charge in [0, 0.05) is 25.0 Å². The van der Waals surface area contributed by atoms with E-state index in [1.54, 1.807) is 19.2 Å². The van der Waals surface area contributed by atoms with E-state index in [1.807, 2.05) is 30.3 Å². The SMILES string of the molecule is CCOC(=O)c1cnccc1Oc1ccc(CNCCc2ccccc2)cc1. The number of esters is 1. The lowest BCUT2D eigenvalue weighted by Gasteiger charge is -2.11. The first-order chi connectivity index (χ1) is 13.8. The number of benzene rings is 2. The van der Waals surface area contributed by atoms with E-state index in [0.717, 1.165) is 19.5 Å². The van der Waals surface area contributed by atoms with Gasteiger partial charge in [0.25, 0.3) is 0 Å². The molecule has 0 aliphatic rings. The summed E-state index contributed by atoms with van der Waals surface area (Å²) in [6, 6.07) is 19.9. The number of hydrogen-bond acceptors (Lipinski definition) is 5. The number of aromatic nitrogens is 1. The van der Waals surface area contributed by atoms with E-state index in [1.165, 1.54) is 17.3 Å². The maximum Gasteiger partial charge on any atom is 0.343 e. The molecule has 2 aromatic carbocycles. The van der Waals surface area contributed by atoms with Gasteiger partial charge in [0.15, 0.2) is 0 Å². The Balaban J connectivity index is 1.53. The van der Waals surface area contributed by atoms with Crippen LogP contribution in [0, 0.1) is 0 Å². The first-order valence-electron chi connectivity index (χ1n) is 9.39. The molecule has 0 spiro atoms. The molecule has 28 heavy (non-hydrogen) atoms. The number of nitrogens with one attached hydrogen (secondary N) is 1. The molecule has 0 atom stereocenters. The van der Waals surface area contributed by atoms with Gasteiger partial charge in [-0.25, -0.2) is 4.79 Å². The van der Waals surface area contributed by atoms with Crippen molar-refractivity contribution in [3.05, 3.63) is 89.7 Å². The van der Waals surface area contributed by atoms with Crippen LogP contribution in [0.3, 0.4) is 0 Å². The molecule has 0 radical (unpaired) electrons. The maximum atomic E-state index is 12.0. The number of hydrogen-bond donors (Lipinski definition) is 1. The summed E-state index contributed by atoms with van der Waals surface area (Å²) in [6.07, 6.45) is 4.04. The second-order valence-corrected chi connectivity index (χ2v) is 6.25. The van der Waals surface area contributed by atoms with Crippen LogP contribution in [0.25, 0.3) is 0 Å². The molecular weight excluding hydrogens is 352 g/mol. The molecule has 144 valence electrons. The van der Waals surface area contributed by atoms with Crippen LogP contribution in [-0.2, 0) is 17.7 Å². The van der Waals surface area contributed by atoms with Crippen LogP contribution in [-0.4, -0.2) is 24.1 Å². The molecule has 1 heterocycles. The van der Waals surface area contributed by atoms with Crippen LogP contribution in [0.4, 0.5) is 0 Å². The Morgan fingerprint density at radius 1 is 1.00 bits per heavy atom. The predicted octanol–water partition coefficient (Wildman–Crippen LogP) is 4.38. The second kappa shape index (κ2) is 10.2. The molecule has 0 amide bonds. The highest BCUT2D eigenvalue weighted by molar-refractivity contribution is 5.92. The highest BCUT2D eigenvalue weighted by atomic mass is 16.5. The van der Waals surface area contributed by atoms with Crippen molar-refractivity contribution in [2.24, 2.45) is 0 Å². The molecule has 0 unspecified atom stereocenters. The van der Waals surface area contributed by atoms with Gasteiger partial charge < -0.3 is 14.8 Å². The van der Waals surface area contributed by atoms with Crippen LogP contribution in [0.15, 0.2) is 73.1 Å². The van der Waals surface area contributed by atoms with Gasteiger partial charge in [-0.05, 0) is 43.1 Å². The molecule has 3 aromatic rings. The average molecular weight is 376 g/mol. The lowest BCUT2D eigenvalue weighted by Crippen LogP contribution is -2.16. The van der Waals surface area contributed by atoms with Gasteiger partial charge in [0.05, 0.1) is 6.61 Å². The van der Waals surface area contributed by atoms with Gasteiger partial charge >= 0.3 is 5.97 Å². The van der Waals surface area contributed by atoms with Crippen molar-refractivity contribution in [1.29, 1.82) is 0 Å². The Morgan fingerprint density at radius 2 is 1.79 bits per heavy atom. The van der Waals surface area contributed by atoms with Crippen molar-refractivity contribution < 1.29 is 14.3 Å². The molecule has 5 heteroatoms. The topological polar surface area (TPSA) is 60.5 Å². The van der Waals surface area contributed by atoms with Crippen molar-refractivity contribution in [3.8, 4) is 11.5 Å². The minimum atomic E-state index is -0.440. The monoisotopic (exact) mass is 376 g/mol. The summed E-state index contributed by atoms with van der Waals surface area (Å²) in [7, 11) is 0. The fraction of sp³-hybridized carbons (Fsp3) is 0.217. The highest BCUT2D eigenvalue weighted by Gasteiger charge is 2.14. The molecule has 0 fully saturated rings. The number of nitrogens with zero attached hydrogens (tertiary/aromatic N) is 1. The van der Waals surface area contributed by atoms with E-state index in [4.69, 9.17) is 9.47 Å². The first kappa shape index (κ1) is 19.6. The summed E-state index contributed by atoms with van der Waals surface area (Å²) in [4.78, 5) is 16.0. The van der Waals surface area contributed by atoms with Crippen LogP contribution < -0.4 is 10.1 Å². The van der Waals surface area contributed by atoms with Crippen molar-refractivity contribution in [1.82, 2.24) is 10.3 Å². The van der Waals surface area contributed by atoms with Gasteiger partial charge in [0.1, 0.15) is 17.1 Å². The Hall–Kier alpha value is -3.18. The smallest absolute Gasteiger partial charge is 0.343 e. The number of carbonyl (C=O) groups excluding carboxylic acids is 1. The third-order valence-electron chi connectivity index (χ3n) is 4.19. The summed E-state index contributed by atoms with van der Waals surface area (Å²) in [5.41, 5.74) is 2.81. The summed E-state index contributed by atoms with van der Waals surface area (Å²) in [6.45, 7) is 3.78. The molecule has 1 aromatic heterocycles. The molecule has 0 saturated heterocycles. The highest BCUT2D eigenvalue weighted by Crippen LogP contribution is 2.25. The van der Waals surface area contributed by atoms with E-state index in [2.05, 4.69) is 34.6 Å². The van der Waals surface area contributed by atoms with Crippen molar-refractivity contribution in [2.45, 2.75) is 19.9 Å². The van der Waals surface area contributed by atoms with Crippen molar-refractivity contribution >= 4 is 5.97 Å². The molecule has 1 N–H and O–H groups in total. The predicted molar refractivity (Wildman–Crippen MR) is 109 cm³/mol. The molecule has 0 bridgehead atoms. The van der Waals surface area contributed by atoms with E-state index in [0.29, 0.717) is 23.7 Å². The van der Waals surface area contributed by atoms with Crippen LogP contribution in [0.2, 0.25) is 0 Å². The third kappa shape index (κ3) is 5.66. The van der Waals surface area contributed by atoms with Crippen LogP contribution >= 0.6 is 0 Å². The van der Waals surface area contributed by atoms with E-state index >= 15 is 0 Å². The normalized spacial score (nSPS) is 10.5. The largest absolute Gasteiger partial charge is 0.462 e. The van der Waals surface area contributed by atoms with Gasteiger partial charge in [-0.3, -0.25) is 4.98 Å². The van der Waals surface area contributed by atoms with Gasteiger partial charge in [-0.2, -0.15) is 0 Å². The van der Waals surface area contributed by atoms with E-state index < -0.39 is 5.97 Å². The molecular formula is C23H24N2O3. The third-order valence-corrected chi connectivity index (χ3v) is 4.19. The Bertz CT molecular complexity index is 880. The minimum absolute atomic E-state index is 0.305. The molecule has 0 aliphatic carbocycles. The number of carbonyl (C=O) groups is 1. The molecule has 5 nitrogen and oxygen atoms in total. The Morgan fingerprint density at radius 3 is 2.54 bits per heavy atom. The van der Waals surface area contributed by atoms with E-state index in [-0.39, 0.29) is 0 Å². The van der Waals surface area contributed by atoms with Gasteiger partial charge in [-0.15, -0.1) is 0 Å². The van der Waals surface area contributed by atoms with Crippen LogP contribution in [0.1, 0.15) is 28.4 Å². The zero-order valence-corrected chi connectivity index (χ0v) is 15.9. The fourth-order valence-electron chi connectivity index (χ4n) is 2.75. The van der Waals surface area contributed by atoms with Crippen LogP contribution in [0.5, 0.6) is 11.5 Å². The standard InChI is InChI=1S/C23H24N2O3/c1-2-27-23(26)21-17-25-15-13-22(21)28-20-10-8-19(9-11-20)16-24-14-12-18-6-4-3-5-7-18/h3-11,13,15,17,24H,2,12,14,16H2,1H3. The Labute approximate surface area is 165 Å². The van der Waals surface area contributed by atoms with E-state index in [9.17, 15) is 4.79 Å². The zero-order valence-electron chi connectivity index (χ0n) is 15.9. The first-order valence-corrected chi connectivity index (χ1v) is 9.39. The molecule has 0 aliphatic heterocycles. The maximum absolute atomic E-state index is 12.0. The van der Waals surface area contributed by atoms with Gasteiger partial charge in [0.2, 0.25) is 0 Å². The lowest BCUT2D eigenvalue weighted by molar-refractivity contribution is 0.0523. The number of pyridine rings is 1. The zero-order chi connectivity index (χ0) is 19.6. The number of ether oxygens (including phenoxy) is 2. The quantitative estimate of drug-likeness (QED) is 0.443. The second-order valence-electron chi connectivity index (χ2n) is 6.25. The van der Waals surface area contributed by atoms with Crippen molar-refractivity contribution in [2.75, 3.05) is 13.2 Å². The Kier molecular flexibility index (Phi) is 7.15.